The third-order valence-electron chi connectivity index (χ3n) is 5.00. The summed E-state index contributed by atoms with van der Waals surface area (Å²) in [5.74, 6) is 0.315. The van der Waals surface area contributed by atoms with Gasteiger partial charge in [0, 0.05) is 48.8 Å². The van der Waals surface area contributed by atoms with E-state index in [1.807, 2.05) is 23.1 Å². The largest absolute Gasteiger partial charge is 0.508 e. The second kappa shape index (κ2) is 7.15. The number of rotatable bonds is 3. The zero-order chi connectivity index (χ0) is 18.8. The Hall–Kier alpha value is -3.28. The molecule has 27 heavy (non-hydrogen) atoms. The number of carbonyl (C=O) groups excluding carboxylic acids is 1. The van der Waals surface area contributed by atoms with Crippen LogP contribution < -0.4 is 10.5 Å². The molecule has 0 spiro atoms. The van der Waals surface area contributed by atoms with Gasteiger partial charge >= 0.3 is 0 Å². The summed E-state index contributed by atoms with van der Waals surface area (Å²) in [5.41, 5.74) is 2.73. The first-order valence-electron chi connectivity index (χ1n) is 9.02. The van der Waals surface area contributed by atoms with Crippen LogP contribution in [0.5, 0.6) is 5.75 Å². The molecule has 1 aliphatic heterocycles. The number of carbonyl (C=O) groups is 1. The fourth-order valence-corrected chi connectivity index (χ4v) is 3.45. The molecule has 0 radical (unpaired) electrons. The summed E-state index contributed by atoms with van der Waals surface area (Å²) in [6.07, 6.45) is 0.351. The van der Waals surface area contributed by atoms with Crippen LogP contribution in [0.4, 0.5) is 5.69 Å². The number of hydrogen-bond donors (Lipinski definition) is 2. The Labute approximate surface area is 156 Å². The first kappa shape index (κ1) is 17.1. The number of piperazine rings is 1. The van der Waals surface area contributed by atoms with Crippen molar-refractivity contribution in [3.63, 3.8) is 0 Å². The number of anilines is 1. The first-order chi connectivity index (χ1) is 13.1. The number of amides is 1. The molecule has 1 amide bonds. The number of fused-ring (bicyclic) bond motifs is 1. The second-order valence-corrected chi connectivity index (χ2v) is 6.81. The van der Waals surface area contributed by atoms with E-state index in [4.69, 9.17) is 0 Å². The van der Waals surface area contributed by atoms with Gasteiger partial charge in [-0.2, -0.15) is 0 Å². The van der Waals surface area contributed by atoms with Crippen molar-refractivity contribution in [3.8, 4) is 5.75 Å². The highest BCUT2D eigenvalue weighted by Crippen LogP contribution is 2.22. The Kier molecular flexibility index (Phi) is 4.54. The molecule has 2 heterocycles. The zero-order valence-electron chi connectivity index (χ0n) is 14.9. The number of phenols is 1. The Balaban J connectivity index is 1.39. The number of aromatic amines is 1. The van der Waals surface area contributed by atoms with E-state index in [0.29, 0.717) is 19.5 Å². The van der Waals surface area contributed by atoms with Crippen LogP contribution in [-0.4, -0.2) is 47.1 Å². The molecule has 2 N–H and O–H groups in total. The molecule has 138 valence electrons. The van der Waals surface area contributed by atoms with Gasteiger partial charge in [-0.05, 0) is 42.0 Å². The number of benzene rings is 2. The van der Waals surface area contributed by atoms with E-state index in [1.165, 1.54) is 6.07 Å². The van der Waals surface area contributed by atoms with Gasteiger partial charge < -0.3 is 19.9 Å². The van der Waals surface area contributed by atoms with Crippen LogP contribution in [0.1, 0.15) is 5.56 Å². The molecule has 0 aliphatic carbocycles. The van der Waals surface area contributed by atoms with Crippen LogP contribution in [0.2, 0.25) is 0 Å². The van der Waals surface area contributed by atoms with Crippen LogP contribution in [0, 0.1) is 0 Å². The topological polar surface area (TPSA) is 76.6 Å². The fraction of sp³-hybridized carbons (Fsp3) is 0.238. The molecule has 1 saturated heterocycles. The smallest absolute Gasteiger partial charge is 0.248 e. The van der Waals surface area contributed by atoms with E-state index < -0.39 is 0 Å². The van der Waals surface area contributed by atoms with Gasteiger partial charge in [0.1, 0.15) is 5.75 Å². The third kappa shape index (κ3) is 3.79. The summed E-state index contributed by atoms with van der Waals surface area (Å²) in [4.78, 5) is 30.9. The zero-order valence-corrected chi connectivity index (χ0v) is 14.9. The first-order valence-corrected chi connectivity index (χ1v) is 9.02. The van der Waals surface area contributed by atoms with Crippen molar-refractivity contribution < 1.29 is 9.90 Å². The van der Waals surface area contributed by atoms with Gasteiger partial charge in [-0.1, -0.05) is 12.1 Å². The highest BCUT2D eigenvalue weighted by atomic mass is 16.3. The summed E-state index contributed by atoms with van der Waals surface area (Å²) >= 11 is 0. The molecular weight excluding hydrogens is 342 g/mol. The van der Waals surface area contributed by atoms with Gasteiger partial charge in [-0.25, -0.2) is 0 Å². The van der Waals surface area contributed by atoms with Crippen molar-refractivity contribution >= 4 is 22.5 Å². The van der Waals surface area contributed by atoms with Crippen LogP contribution in [0.15, 0.2) is 59.4 Å². The molecule has 1 aliphatic rings. The maximum absolute atomic E-state index is 12.5. The monoisotopic (exact) mass is 363 g/mol. The normalized spacial score (nSPS) is 14.5. The minimum Gasteiger partial charge on any atom is -0.508 e. The third-order valence-corrected chi connectivity index (χ3v) is 5.00. The summed E-state index contributed by atoms with van der Waals surface area (Å²) in [5, 5.41) is 10.3. The molecular formula is C21H21N3O3. The lowest BCUT2D eigenvalue weighted by Crippen LogP contribution is -2.49. The Morgan fingerprint density at radius 3 is 2.44 bits per heavy atom. The molecule has 6 nitrogen and oxygen atoms in total. The molecule has 0 atom stereocenters. The van der Waals surface area contributed by atoms with E-state index in [2.05, 4.69) is 16.0 Å². The van der Waals surface area contributed by atoms with E-state index in [9.17, 15) is 14.7 Å². The van der Waals surface area contributed by atoms with Gasteiger partial charge in [0.15, 0.2) is 0 Å². The minimum atomic E-state index is -0.101. The quantitative estimate of drug-likeness (QED) is 0.747. The van der Waals surface area contributed by atoms with E-state index >= 15 is 0 Å². The maximum Gasteiger partial charge on any atom is 0.248 e. The van der Waals surface area contributed by atoms with Crippen molar-refractivity contribution in [3.05, 3.63) is 70.5 Å². The predicted octanol–water partition coefficient (Wildman–Crippen LogP) is 2.12. The lowest BCUT2D eigenvalue weighted by Gasteiger charge is -2.36. The summed E-state index contributed by atoms with van der Waals surface area (Å²) in [7, 11) is 0. The summed E-state index contributed by atoms with van der Waals surface area (Å²) in [6, 6.07) is 16.1. The van der Waals surface area contributed by atoms with Crippen LogP contribution >= 0.6 is 0 Å². The standard InChI is InChI=1S/C21H21N3O3/c25-18-5-1-15(2-6-18)13-21(27)24-11-9-23(10-12-24)17-4-7-19-16(14-17)3-8-20(26)22-19/h1-8,14,25H,9-13H2,(H,22,26). The molecule has 0 saturated carbocycles. The van der Waals surface area contributed by atoms with E-state index in [0.717, 1.165) is 35.2 Å². The molecule has 6 heteroatoms. The number of phenolic OH excluding ortho intramolecular Hbond substituents is 1. The Morgan fingerprint density at radius 2 is 1.70 bits per heavy atom. The van der Waals surface area contributed by atoms with Crippen molar-refractivity contribution in [1.82, 2.24) is 9.88 Å². The van der Waals surface area contributed by atoms with Gasteiger partial charge in [-0.15, -0.1) is 0 Å². The molecule has 1 aromatic heterocycles. The Morgan fingerprint density at radius 1 is 0.963 bits per heavy atom. The summed E-state index contributed by atoms with van der Waals surface area (Å²) < 4.78 is 0. The Bertz CT molecular complexity index is 1020. The number of aromatic nitrogens is 1. The van der Waals surface area contributed by atoms with Crippen molar-refractivity contribution in [1.29, 1.82) is 0 Å². The molecule has 4 rings (SSSR count). The number of H-pyrrole nitrogens is 1. The SMILES string of the molecule is O=C(Cc1ccc(O)cc1)N1CCN(c2ccc3[nH]c(=O)ccc3c2)CC1. The van der Waals surface area contributed by atoms with E-state index in [-0.39, 0.29) is 17.2 Å². The maximum atomic E-state index is 12.5. The second-order valence-electron chi connectivity index (χ2n) is 6.81. The van der Waals surface area contributed by atoms with Crippen LogP contribution in [0.25, 0.3) is 10.9 Å². The fourth-order valence-electron chi connectivity index (χ4n) is 3.45. The van der Waals surface area contributed by atoms with Crippen molar-refractivity contribution in [2.45, 2.75) is 6.42 Å². The van der Waals surface area contributed by atoms with E-state index in [1.54, 1.807) is 24.3 Å². The summed E-state index contributed by atoms with van der Waals surface area (Å²) in [6.45, 7) is 2.91. The number of nitrogens with one attached hydrogen (secondary N) is 1. The molecule has 2 aromatic carbocycles. The highest BCUT2D eigenvalue weighted by molar-refractivity contribution is 5.82. The van der Waals surface area contributed by atoms with Gasteiger partial charge in [-0.3, -0.25) is 9.59 Å². The average molecular weight is 363 g/mol. The molecule has 3 aromatic rings. The minimum absolute atomic E-state index is 0.101. The lowest BCUT2D eigenvalue weighted by atomic mass is 10.1. The van der Waals surface area contributed by atoms with Crippen LogP contribution in [0.3, 0.4) is 0 Å². The molecule has 0 bridgehead atoms. The number of pyridine rings is 1. The molecule has 0 unspecified atom stereocenters. The van der Waals surface area contributed by atoms with Gasteiger partial charge in [0.25, 0.3) is 0 Å². The lowest BCUT2D eigenvalue weighted by molar-refractivity contribution is -0.130. The van der Waals surface area contributed by atoms with Gasteiger partial charge in [0.2, 0.25) is 11.5 Å². The van der Waals surface area contributed by atoms with Crippen molar-refractivity contribution in [2.75, 3.05) is 31.1 Å². The predicted molar refractivity (Wildman–Crippen MR) is 105 cm³/mol. The van der Waals surface area contributed by atoms with Gasteiger partial charge in [0.05, 0.1) is 6.42 Å². The number of nitrogens with zero attached hydrogens (tertiary/aromatic N) is 2. The molecule has 1 fully saturated rings. The highest BCUT2D eigenvalue weighted by Gasteiger charge is 2.21. The number of hydrogen-bond acceptors (Lipinski definition) is 4. The number of aromatic hydroxyl groups is 1. The van der Waals surface area contributed by atoms with Crippen molar-refractivity contribution in [2.24, 2.45) is 0 Å². The average Bonchev–Trinajstić information content (AvgIpc) is 2.69. The van der Waals surface area contributed by atoms with Crippen LogP contribution in [-0.2, 0) is 11.2 Å².